The molecule has 2 fully saturated rings. The van der Waals surface area contributed by atoms with Crippen molar-refractivity contribution in [2.24, 2.45) is 5.92 Å². The first-order chi connectivity index (χ1) is 14.3. The normalized spacial score (nSPS) is 27.1. The number of fused-ring (bicyclic) bond motifs is 3. The van der Waals surface area contributed by atoms with Gasteiger partial charge in [-0.15, -0.1) is 0 Å². The first-order valence-corrected chi connectivity index (χ1v) is 10.7. The van der Waals surface area contributed by atoms with E-state index in [2.05, 4.69) is 41.3 Å². The predicted octanol–water partition coefficient (Wildman–Crippen LogP) is 2.79. The van der Waals surface area contributed by atoms with Crippen molar-refractivity contribution in [2.75, 3.05) is 31.3 Å². The highest BCUT2D eigenvalue weighted by molar-refractivity contribution is 5.96. The fourth-order valence-electron chi connectivity index (χ4n) is 5.37. The molecule has 0 radical (unpaired) electrons. The van der Waals surface area contributed by atoms with Crippen molar-refractivity contribution in [3.8, 4) is 0 Å². The third kappa shape index (κ3) is 3.27. The summed E-state index contributed by atoms with van der Waals surface area (Å²) in [5.41, 5.74) is 3.47. The average molecular weight is 392 g/mol. The molecule has 0 saturated carbocycles. The fraction of sp³-hybridized carbons (Fsp3) is 0.458. The van der Waals surface area contributed by atoms with Crippen LogP contribution >= 0.6 is 0 Å². The number of carbonyl (C=O) groups is 1. The van der Waals surface area contributed by atoms with Crippen LogP contribution in [0.2, 0.25) is 0 Å². The minimum absolute atomic E-state index is 0.0460. The zero-order valence-electron chi connectivity index (χ0n) is 16.6. The molecule has 0 spiro atoms. The molecule has 3 aliphatic rings. The van der Waals surface area contributed by atoms with Crippen LogP contribution in [0.15, 0.2) is 54.6 Å². The number of aliphatic hydroxyl groups excluding tert-OH is 1. The first-order valence-electron chi connectivity index (χ1n) is 10.7. The van der Waals surface area contributed by atoms with Crippen LogP contribution in [0.4, 0.5) is 5.69 Å². The Bertz CT molecular complexity index is 865. The lowest BCUT2D eigenvalue weighted by atomic mass is 9.71. The van der Waals surface area contributed by atoms with Crippen LogP contribution in [0.1, 0.15) is 29.9 Å². The first kappa shape index (κ1) is 18.8. The van der Waals surface area contributed by atoms with E-state index in [0.29, 0.717) is 19.8 Å². The predicted molar refractivity (Wildman–Crippen MR) is 112 cm³/mol. The van der Waals surface area contributed by atoms with E-state index >= 15 is 0 Å². The molecule has 152 valence electrons. The summed E-state index contributed by atoms with van der Waals surface area (Å²) in [5, 5.41) is 10.1. The highest BCUT2D eigenvalue weighted by atomic mass is 16.5. The summed E-state index contributed by atoms with van der Waals surface area (Å²) in [6, 6.07) is 19.0. The molecule has 5 rings (SSSR count). The number of para-hydroxylation sites is 1. The van der Waals surface area contributed by atoms with Gasteiger partial charge in [0.25, 0.3) is 0 Å². The highest BCUT2D eigenvalue weighted by Crippen LogP contribution is 2.49. The Labute approximate surface area is 171 Å². The lowest BCUT2D eigenvalue weighted by molar-refractivity contribution is -0.126. The molecule has 0 unspecified atom stereocenters. The summed E-state index contributed by atoms with van der Waals surface area (Å²) in [4.78, 5) is 17.8. The van der Waals surface area contributed by atoms with E-state index in [4.69, 9.17) is 4.74 Å². The molecule has 2 aromatic carbocycles. The maximum atomic E-state index is 13.4. The van der Waals surface area contributed by atoms with Crippen LogP contribution in [0.5, 0.6) is 0 Å². The summed E-state index contributed by atoms with van der Waals surface area (Å²) in [6.07, 6.45) is 1.61. The van der Waals surface area contributed by atoms with Crippen LogP contribution in [-0.2, 0) is 16.1 Å². The fourth-order valence-corrected chi connectivity index (χ4v) is 5.37. The summed E-state index contributed by atoms with van der Waals surface area (Å²) < 4.78 is 5.46. The van der Waals surface area contributed by atoms with Gasteiger partial charge in [0.15, 0.2) is 0 Å². The maximum Gasteiger partial charge on any atom is 0.230 e. The molecule has 3 aliphatic heterocycles. The number of anilines is 1. The smallest absolute Gasteiger partial charge is 0.230 e. The number of nitrogens with zero attached hydrogens (tertiary/aromatic N) is 2. The van der Waals surface area contributed by atoms with Crippen molar-refractivity contribution in [3.05, 3.63) is 65.7 Å². The maximum absolute atomic E-state index is 13.4. The van der Waals surface area contributed by atoms with Crippen LogP contribution in [0.25, 0.3) is 0 Å². The molecule has 2 aromatic rings. The molecule has 3 heterocycles. The number of carbonyl (C=O) groups excluding carboxylic acids is 1. The van der Waals surface area contributed by atoms with Gasteiger partial charge in [0.05, 0.1) is 6.61 Å². The molecule has 0 bridgehead atoms. The Balaban J connectivity index is 1.45. The zero-order valence-corrected chi connectivity index (χ0v) is 16.6. The molecular weight excluding hydrogens is 364 g/mol. The zero-order chi connectivity index (χ0) is 19.8. The number of hydrogen-bond acceptors (Lipinski definition) is 4. The SMILES string of the molecule is O=C(C1CCOCC1)N1C[C@@H]2[C@H](c3ccccc31)[C@@H](CO)N2Cc1ccccc1. The molecule has 0 aromatic heterocycles. The molecule has 1 amide bonds. The number of likely N-dealkylation sites (tertiary alicyclic amines) is 1. The summed E-state index contributed by atoms with van der Waals surface area (Å²) in [7, 11) is 0. The molecule has 1 N–H and O–H groups in total. The van der Waals surface area contributed by atoms with E-state index in [9.17, 15) is 9.90 Å². The minimum atomic E-state index is 0.0460. The number of benzene rings is 2. The van der Waals surface area contributed by atoms with Gasteiger partial charge in [0.2, 0.25) is 5.91 Å². The van der Waals surface area contributed by atoms with E-state index in [1.54, 1.807) is 0 Å². The van der Waals surface area contributed by atoms with Gasteiger partial charge in [0, 0.05) is 55.9 Å². The second-order valence-corrected chi connectivity index (χ2v) is 8.40. The number of rotatable bonds is 4. The van der Waals surface area contributed by atoms with Crippen molar-refractivity contribution in [1.29, 1.82) is 0 Å². The number of hydrogen-bond donors (Lipinski definition) is 1. The quantitative estimate of drug-likeness (QED) is 0.869. The summed E-state index contributed by atoms with van der Waals surface area (Å²) in [5.74, 6) is 0.551. The van der Waals surface area contributed by atoms with E-state index < -0.39 is 0 Å². The third-order valence-corrected chi connectivity index (χ3v) is 6.87. The van der Waals surface area contributed by atoms with Crippen LogP contribution < -0.4 is 4.90 Å². The monoisotopic (exact) mass is 392 g/mol. The Morgan fingerprint density at radius 3 is 2.52 bits per heavy atom. The van der Waals surface area contributed by atoms with Gasteiger partial charge in [0.1, 0.15) is 0 Å². The molecule has 3 atom stereocenters. The highest BCUT2D eigenvalue weighted by Gasteiger charge is 2.53. The van der Waals surface area contributed by atoms with Crippen LogP contribution in [0, 0.1) is 5.92 Å². The topological polar surface area (TPSA) is 53.0 Å². The summed E-state index contributed by atoms with van der Waals surface area (Å²) in [6.45, 7) is 2.97. The van der Waals surface area contributed by atoms with E-state index in [-0.39, 0.29) is 36.4 Å². The van der Waals surface area contributed by atoms with Gasteiger partial charge < -0.3 is 14.7 Å². The number of aliphatic hydroxyl groups is 1. The van der Waals surface area contributed by atoms with Crippen molar-refractivity contribution >= 4 is 11.6 Å². The van der Waals surface area contributed by atoms with Gasteiger partial charge in [-0.05, 0) is 30.0 Å². The molecular formula is C24H28N2O3. The molecule has 29 heavy (non-hydrogen) atoms. The minimum Gasteiger partial charge on any atom is -0.395 e. The molecule has 5 heteroatoms. The lowest BCUT2D eigenvalue weighted by Gasteiger charge is -2.59. The van der Waals surface area contributed by atoms with Gasteiger partial charge in [-0.1, -0.05) is 48.5 Å². The Morgan fingerprint density at radius 1 is 1.03 bits per heavy atom. The van der Waals surface area contributed by atoms with E-state index in [0.717, 1.165) is 25.1 Å². The largest absolute Gasteiger partial charge is 0.395 e. The van der Waals surface area contributed by atoms with Crippen LogP contribution in [0.3, 0.4) is 0 Å². The number of ether oxygens (including phenoxy) is 1. The Hall–Kier alpha value is -2.21. The second-order valence-electron chi connectivity index (χ2n) is 8.40. The van der Waals surface area contributed by atoms with Crippen LogP contribution in [-0.4, -0.2) is 54.4 Å². The van der Waals surface area contributed by atoms with Gasteiger partial charge in [-0.25, -0.2) is 0 Å². The number of amides is 1. The van der Waals surface area contributed by atoms with Gasteiger partial charge >= 0.3 is 0 Å². The molecule has 0 aliphatic carbocycles. The second kappa shape index (κ2) is 7.90. The summed E-state index contributed by atoms with van der Waals surface area (Å²) >= 11 is 0. The Kier molecular flexibility index (Phi) is 5.12. The van der Waals surface area contributed by atoms with Crippen molar-refractivity contribution < 1.29 is 14.6 Å². The molecule has 2 saturated heterocycles. The average Bonchev–Trinajstić information content (AvgIpc) is 2.78. The Morgan fingerprint density at radius 2 is 1.76 bits per heavy atom. The van der Waals surface area contributed by atoms with Crippen molar-refractivity contribution in [1.82, 2.24) is 4.90 Å². The standard InChI is InChI=1S/C24H28N2O3/c27-16-22-23-19-8-4-5-9-20(19)26(24(28)18-10-12-29-13-11-18)15-21(23)25(22)14-17-6-2-1-3-7-17/h1-9,18,21-23,27H,10-16H2/t21-,22-,23+/m1/s1. The van der Waals surface area contributed by atoms with Gasteiger partial charge in [-0.3, -0.25) is 9.69 Å². The van der Waals surface area contributed by atoms with E-state index in [1.165, 1.54) is 11.1 Å². The van der Waals surface area contributed by atoms with Crippen molar-refractivity contribution in [2.45, 2.75) is 37.4 Å². The van der Waals surface area contributed by atoms with E-state index in [1.807, 2.05) is 23.1 Å². The van der Waals surface area contributed by atoms with Crippen molar-refractivity contribution in [3.63, 3.8) is 0 Å². The molecule has 5 nitrogen and oxygen atoms in total. The lowest BCUT2D eigenvalue weighted by Crippen LogP contribution is -2.69. The third-order valence-electron chi connectivity index (χ3n) is 6.87. The van der Waals surface area contributed by atoms with Gasteiger partial charge in [-0.2, -0.15) is 0 Å².